The number of fused-ring (bicyclic) bond motifs is 1. The van der Waals surface area contributed by atoms with Gasteiger partial charge in [0.1, 0.15) is 24.4 Å². The highest BCUT2D eigenvalue weighted by molar-refractivity contribution is 6.01. The van der Waals surface area contributed by atoms with Gasteiger partial charge in [0.15, 0.2) is 0 Å². The second kappa shape index (κ2) is 7.87. The first-order valence-electron chi connectivity index (χ1n) is 10.1. The van der Waals surface area contributed by atoms with E-state index in [9.17, 15) is 9.90 Å². The quantitative estimate of drug-likeness (QED) is 0.771. The maximum Gasteiger partial charge on any atom is 0.255 e. The number of hydrogen-bond donors (Lipinski definition) is 3. The molecule has 1 heterocycles. The van der Waals surface area contributed by atoms with Crippen molar-refractivity contribution in [2.45, 2.75) is 37.6 Å². The van der Waals surface area contributed by atoms with Gasteiger partial charge in [0, 0.05) is 12.8 Å². The number of carbonyl (C=O) groups excluding carboxylic acids is 1. The number of rotatable bonds is 4. The van der Waals surface area contributed by atoms with Crippen LogP contribution in [0.5, 0.6) is 5.75 Å². The van der Waals surface area contributed by atoms with Crippen LogP contribution in [0.1, 0.15) is 42.5 Å². The molecule has 27 heavy (non-hydrogen) atoms. The zero-order valence-electron chi connectivity index (χ0n) is 15.8. The Labute approximate surface area is 160 Å². The molecular weight excluding hydrogens is 340 g/mol. The van der Waals surface area contributed by atoms with E-state index < -0.39 is 0 Å². The van der Waals surface area contributed by atoms with Crippen LogP contribution in [-0.2, 0) is 4.74 Å². The third kappa shape index (κ3) is 3.80. The van der Waals surface area contributed by atoms with Crippen LogP contribution in [0.2, 0.25) is 0 Å². The zero-order valence-corrected chi connectivity index (χ0v) is 15.8. The second-order valence-electron chi connectivity index (χ2n) is 7.96. The summed E-state index contributed by atoms with van der Waals surface area (Å²) >= 11 is 0. The molecule has 0 radical (unpaired) electrons. The molecule has 2 aromatic rings. The number of aromatic hydroxyl groups is 1. The fraction of sp³-hybridized carbons (Fsp3) is 0.500. The summed E-state index contributed by atoms with van der Waals surface area (Å²) in [5.74, 6) is -0.140. The van der Waals surface area contributed by atoms with Gasteiger partial charge in [-0.05, 0) is 35.7 Å². The van der Waals surface area contributed by atoms with Crippen LogP contribution >= 0.6 is 0 Å². The minimum atomic E-state index is -0.184. The summed E-state index contributed by atoms with van der Waals surface area (Å²) in [7, 11) is 0. The number of nitrogens with one attached hydrogen (secondary N) is 2. The van der Waals surface area contributed by atoms with E-state index in [1.165, 1.54) is 19.3 Å². The van der Waals surface area contributed by atoms with E-state index in [2.05, 4.69) is 5.32 Å². The van der Waals surface area contributed by atoms with Gasteiger partial charge in [-0.15, -0.1) is 0 Å². The lowest BCUT2D eigenvalue weighted by Crippen LogP contribution is -3.23. The average molecular weight is 369 g/mol. The Kier molecular flexibility index (Phi) is 5.32. The normalized spacial score (nSPS) is 20.4. The molecule has 3 N–H and O–H groups in total. The number of morpholine rings is 1. The van der Waals surface area contributed by atoms with E-state index in [-0.39, 0.29) is 17.2 Å². The molecule has 5 nitrogen and oxygen atoms in total. The predicted octanol–water partition coefficient (Wildman–Crippen LogP) is 1.89. The van der Waals surface area contributed by atoms with Crippen molar-refractivity contribution in [3.05, 3.63) is 42.0 Å². The second-order valence-corrected chi connectivity index (χ2v) is 7.96. The third-order valence-corrected chi connectivity index (χ3v) is 6.35. The van der Waals surface area contributed by atoms with Gasteiger partial charge < -0.3 is 20.1 Å². The van der Waals surface area contributed by atoms with Crippen molar-refractivity contribution >= 4 is 16.7 Å². The maximum atomic E-state index is 12.9. The summed E-state index contributed by atoms with van der Waals surface area (Å²) in [6.45, 7) is 4.29. The standard InChI is InChI=1S/C22H28N2O3/c25-20-15-18-7-3-2-6-17(18)14-19(20)21(26)23-16-22(8-4-1-5-9-22)24-10-12-27-13-11-24/h2-3,6-7,14-15,25H,1,4-5,8-13,16H2,(H,23,26)/p+1. The molecule has 1 saturated carbocycles. The fourth-order valence-electron chi connectivity index (χ4n) is 4.79. The molecule has 1 saturated heterocycles. The van der Waals surface area contributed by atoms with Crippen LogP contribution < -0.4 is 10.2 Å². The average Bonchev–Trinajstić information content (AvgIpc) is 2.73. The van der Waals surface area contributed by atoms with Crippen LogP contribution in [0.25, 0.3) is 10.8 Å². The van der Waals surface area contributed by atoms with Gasteiger partial charge in [-0.25, -0.2) is 0 Å². The SMILES string of the molecule is O=C(NCC1([NH+]2CCOCC2)CCCCC1)c1cc2ccccc2cc1O. The molecule has 0 unspecified atom stereocenters. The largest absolute Gasteiger partial charge is 0.507 e. The molecule has 5 heteroatoms. The van der Waals surface area contributed by atoms with Crippen molar-refractivity contribution in [3.8, 4) is 5.75 Å². The van der Waals surface area contributed by atoms with Gasteiger partial charge in [0.2, 0.25) is 0 Å². The Hall–Kier alpha value is -2.11. The first-order valence-corrected chi connectivity index (χ1v) is 10.1. The van der Waals surface area contributed by atoms with Crippen LogP contribution in [0.15, 0.2) is 36.4 Å². The number of benzene rings is 2. The Balaban J connectivity index is 1.52. The summed E-state index contributed by atoms with van der Waals surface area (Å²) in [4.78, 5) is 14.4. The molecule has 0 atom stereocenters. The van der Waals surface area contributed by atoms with Crippen LogP contribution in [0, 0.1) is 0 Å². The molecule has 2 aliphatic rings. The number of hydrogen-bond acceptors (Lipinski definition) is 3. The summed E-state index contributed by atoms with van der Waals surface area (Å²) < 4.78 is 5.55. The predicted molar refractivity (Wildman–Crippen MR) is 105 cm³/mol. The number of amides is 1. The van der Waals surface area contributed by atoms with Crippen LogP contribution in [-0.4, -0.2) is 49.4 Å². The van der Waals surface area contributed by atoms with Gasteiger partial charge in [-0.1, -0.05) is 30.7 Å². The molecule has 4 rings (SSSR count). The number of phenolic OH excluding ortho intramolecular Hbond substituents is 1. The Bertz CT molecular complexity index is 808. The van der Waals surface area contributed by atoms with E-state index in [1.54, 1.807) is 17.0 Å². The molecule has 2 fully saturated rings. The Morgan fingerprint density at radius 2 is 1.74 bits per heavy atom. The highest BCUT2D eigenvalue weighted by Crippen LogP contribution is 2.27. The summed E-state index contributed by atoms with van der Waals surface area (Å²) in [5.41, 5.74) is 0.459. The van der Waals surface area contributed by atoms with E-state index >= 15 is 0 Å². The highest BCUT2D eigenvalue weighted by atomic mass is 16.5. The first-order chi connectivity index (χ1) is 13.2. The number of carbonyl (C=O) groups is 1. The topological polar surface area (TPSA) is 63.0 Å². The summed E-state index contributed by atoms with van der Waals surface area (Å²) in [5, 5.41) is 15.4. The van der Waals surface area contributed by atoms with Crippen molar-refractivity contribution in [1.29, 1.82) is 0 Å². The Morgan fingerprint density at radius 1 is 1.07 bits per heavy atom. The monoisotopic (exact) mass is 369 g/mol. The summed E-state index contributed by atoms with van der Waals surface area (Å²) in [6.07, 6.45) is 6.02. The lowest BCUT2D eigenvalue weighted by molar-refractivity contribution is -0.960. The third-order valence-electron chi connectivity index (χ3n) is 6.35. The molecule has 1 amide bonds. The van der Waals surface area contributed by atoms with Crippen molar-refractivity contribution in [3.63, 3.8) is 0 Å². The van der Waals surface area contributed by atoms with E-state index in [0.29, 0.717) is 12.1 Å². The Morgan fingerprint density at radius 3 is 2.44 bits per heavy atom. The molecule has 0 spiro atoms. The van der Waals surface area contributed by atoms with Crippen LogP contribution in [0.3, 0.4) is 0 Å². The molecular formula is C22H29N2O3+. The lowest BCUT2D eigenvalue weighted by atomic mass is 9.79. The number of quaternary nitrogens is 1. The van der Waals surface area contributed by atoms with Gasteiger partial charge in [0.05, 0.1) is 25.3 Å². The smallest absolute Gasteiger partial charge is 0.255 e. The molecule has 1 aliphatic heterocycles. The summed E-state index contributed by atoms with van der Waals surface area (Å²) in [6, 6.07) is 11.2. The van der Waals surface area contributed by atoms with Crippen LogP contribution in [0.4, 0.5) is 0 Å². The molecule has 0 bridgehead atoms. The van der Waals surface area contributed by atoms with Crippen molar-refractivity contribution in [1.82, 2.24) is 5.32 Å². The van der Waals surface area contributed by atoms with Crippen molar-refractivity contribution in [2.24, 2.45) is 0 Å². The van der Waals surface area contributed by atoms with Gasteiger partial charge in [-0.3, -0.25) is 4.79 Å². The molecule has 1 aliphatic carbocycles. The minimum absolute atomic E-state index is 0.0441. The first kappa shape index (κ1) is 18.3. The van der Waals surface area contributed by atoms with Gasteiger partial charge in [0.25, 0.3) is 5.91 Å². The highest BCUT2D eigenvalue weighted by Gasteiger charge is 2.42. The molecule has 0 aromatic heterocycles. The molecule has 144 valence electrons. The lowest BCUT2D eigenvalue weighted by Gasteiger charge is -2.45. The minimum Gasteiger partial charge on any atom is -0.507 e. The van der Waals surface area contributed by atoms with E-state index in [0.717, 1.165) is 49.9 Å². The number of ether oxygens (including phenoxy) is 1. The van der Waals surface area contributed by atoms with Crippen molar-refractivity contribution in [2.75, 3.05) is 32.8 Å². The molecule has 2 aromatic carbocycles. The number of phenols is 1. The van der Waals surface area contributed by atoms with E-state index in [4.69, 9.17) is 4.74 Å². The zero-order chi connectivity index (χ0) is 18.7. The van der Waals surface area contributed by atoms with Gasteiger partial charge in [-0.2, -0.15) is 0 Å². The van der Waals surface area contributed by atoms with Crippen molar-refractivity contribution < 1.29 is 19.5 Å². The van der Waals surface area contributed by atoms with Gasteiger partial charge >= 0.3 is 0 Å². The fourth-order valence-corrected chi connectivity index (χ4v) is 4.79. The maximum absolute atomic E-state index is 12.9. The van der Waals surface area contributed by atoms with E-state index in [1.807, 2.05) is 24.3 Å².